The standard InChI is InChI=1S/C18H17F2NO5S/c1-11-3-4-12(2)17(7-11)27(24,25)21-9-18(23)26-10-16(22)13-5-6-14(19)15(20)8-13/h3-8,21H,9-10H2,1-2H3. The summed E-state index contributed by atoms with van der Waals surface area (Å²) in [5.74, 6) is -4.04. The molecule has 1 N–H and O–H groups in total. The maximum absolute atomic E-state index is 13.1. The van der Waals surface area contributed by atoms with Crippen molar-refractivity contribution in [2.45, 2.75) is 18.7 Å². The average Bonchev–Trinajstić information content (AvgIpc) is 2.62. The number of nitrogens with one attached hydrogen (secondary N) is 1. The first kappa shape index (κ1) is 20.7. The summed E-state index contributed by atoms with van der Waals surface area (Å²) in [6.45, 7) is 1.94. The van der Waals surface area contributed by atoms with Gasteiger partial charge in [0.25, 0.3) is 0 Å². The molecule has 144 valence electrons. The van der Waals surface area contributed by atoms with Crippen LogP contribution < -0.4 is 4.72 Å². The molecule has 0 saturated heterocycles. The third kappa shape index (κ3) is 5.41. The Morgan fingerprint density at radius 1 is 1.04 bits per heavy atom. The predicted octanol–water partition coefficient (Wildman–Crippen LogP) is 2.29. The summed E-state index contributed by atoms with van der Waals surface area (Å²) in [5, 5.41) is 0. The van der Waals surface area contributed by atoms with E-state index in [0.29, 0.717) is 11.6 Å². The number of hydrogen-bond donors (Lipinski definition) is 1. The summed E-state index contributed by atoms with van der Waals surface area (Å²) < 4.78 is 57.3. The molecule has 0 bridgehead atoms. The first-order chi connectivity index (χ1) is 12.6. The quantitative estimate of drug-likeness (QED) is 0.572. The largest absolute Gasteiger partial charge is 0.456 e. The SMILES string of the molecule is Cc1ccc(C)c(S(=O)(=O)NCC(=O)OCC(=O)c2ccc(F)c(F)c2)c1. The summed E-state index contributed by atoms with van der Waals surface area (Å²) in [5.41, 5.74) is 1.08. The van der Waals surface area contributed by atoms with Gasteiger partial charge in [-0.1, -0.05) is 12.1 Å². The van der Waals surface area contributed by atoms with Gasteiger partial charge in [0, 0.05) is 5.56 Å². The zero-order chi connectivity index (χ0) is 20.2. The minimum Gasteiger partial charge on any atom is -0.456 e. The van der Waals surface area contributed by atoms with E-state index >= 15 is 0 Å². The first-order valence-corrected chi connectivity index (χ1v) is 9.29. The van der Waals surface area contributed by atoms with Gasteiger partial charge in [-0.15, -0.1) is 0 Å². The van der Waals surface area contributed by atoms with Crippen molar-refractivity contribution in [3.63, 3.8) is 0 Å². The molecule has 0 aromatic heterocycles. The number of hydrogen-bond acceptors (Lipinski definition) is 5. The molecule has 0 heterocycles. The van der Waals surface area contributed by atoms with Gasteiger partial charge < -0.3 is 4.74 Å². The molecular formula is C18H17F2NO5S. The molecule has 0 aliphatic rings. The zero-order valence-corrected chi connectivity index (χ0v) is 15.4. The van der Waals surface area contributed by atoms with Crippen molar-refractivity contribution in [3.05, 3.63) is 64.7 Å². The van der Waals surface area contributed by atoms with Crippen LogP contribution in [0.1, 0.15) is 21.5 Å². The van der Waals surface area contributed by atoms with Gasteiger partial charge in [0.05, 0.1) is 4.90 Å². The van der Waals surface area contributed by atoms with E-state index < -0.39 is 46.6 Å². The van der Waals surface area contributed by atoms with Crippen molar-refractivity contribution >= 4 is 21.8 Å². The third-order valence-electron chi connectivity index (χ3n) is 3.65. The highest BCUT2D eigenvalue weighted by Crippen LogP contribution is 2.16. The Hall–Kier alpha value is -2.65. The van der Waals surface area contributed by atoms with E-state index in [1.165, 1.54) is 6.07 Å². The lowest BCUT2D eigenvalue weighted by Gasteiger charge is -2.10. The number of Topliss-reactive ketones (excluding diaryl/α,β-unsaturated/α-hetero) is 1. The van der Waals surface area contributed by atoms with E-state index in [1.54, 1.807) is 26.0 Å². The maximum Gasteiger partial charge on any atom is 0.321 e. The van der Waals surface area contributed by atoms with E-state index in [2.05, 4.69) is 9.46 Å². The molecule has 0 aliphatic carbocycles. The molecule has 0 saturated carbocycles. The molecule has 0 aliphatic heterocycles. The lowest BCUT2D eigenvalue weighted by molar-refractivity contribution is -0.141. The Morgan fingerprint density at radius 3 is 2.41 bits per heavy atom. The van der Waals surface area contributed by atoms with Crippen LogP contribution in [0, 0.1) is 25.5 Å². The summed E-state index contributed by atoms with van der Waals surface area (Å²) in [7, 11) is -3.94. The highest BCUT2D eigenvalue weighted by Gasteiger charge is 2.19. The second-order valence-corrected chi connectivity index (χ2v) is 7.54. The van der Waals surface area contributed by atoms with Crippen LogP contribution in [0.4, 0.5) is 8.78 Å². The van der Waals surface area contributed by atoms with Crippen molar-refractivity contribution in [3.8, 4) is 0 Å². The van der Waals surface area contributed by atoms with Gasteiger partial charge in [-0.3, -0.25) is 9.59 Å². The number of sulfonamides is 1. The predicted molar refractivity (Wildman–Crippen MR) is 92.8 cm³/mol. The van der Waals surface area contributed by atoms with E-state index in [-0.39, 0.29) is 10.5 Å². The molecule has 0 fully saturated rings. The lowest BCUT2D eigenvalue weighted by atomic mass is 10.1. The van der Waals surface area contributed by atoms with Gasteiger partial charge in [0.2, 0.25) is 10.0 Å². The molecule has 6 nitrogen and oxygen atoms in total. The number of carbonyl (C=O) groups is 2. The van der Waals surface area contributed by atoms with Gasteiger partial charge in [-0.05, 0) is 49.2 Å². The smallest absolute Gasteiger partial charge is 0.321 e. The number of ketones is 1. The third-order valence-corrected chi connectivity index (χ3v) is 5.19. The molecule has 27 heavy (non-hydrogen) atoms. The molecule has 0 amide bonds. The monoisotopic (exact) mass is 397 g/mol. The van der Waals surface area contributed by atoms with Crippen molar-refractivity contribution in [1.82, 2.24) is 4.72 Å². The second kappa shape index (κ2) is 8.36. The number of esters is 1. The van der Waals surface area contributed by atoms with E-state index in [1.807, 2.05) is 0 Å². The Kier molecular flexibility index (Phi) is 6.40. The van der Waals surface area contributed by atoms with Gasteiger partial charge in [-0.25, -0.2) is 17.2 Å². The van der Waals surface area contributed by atoms with Crippen LogP contribution in [0.15, 0.2) is 41.3 Å². The lowest BCUT2D eigenvalue weighted by Crippen LogP contribution is -2.32. The van der Waals surface area contributed by atoms with Gasteiger partial charge >= 0.3 is 5.97 Å². The highest BCUT2D eigenvalue weighted by atomic mass is 32.2. The molecule has 0 atom stereocenters. The zero-order valence-electron chi connectivity index (χ0n) is 14.6. The Bertz CT molecular complexity index is 989. The van der Waals surface area contributed by atoms with Crippen LogP contribution in [0.25, 0.3) is 0 Å². The van der Waals surface area contributed by atoms with E-state index in [9.17, 15) is 26.8 Å². The molecule has 2 aromatic rings. The van der Waals surface area contributed by atoms with Crippen LogP contribution in [-0.2, 0) is 19.6 Å². The summed E-state index contributed by atoms with van der Waals surface area (Å²) in [6.07, 6.45) is 0. The Labute approximate surface area is 155 Å². The van der Waals surface area contributed by atoms with Crippen LogP contribution in [0.5, 0.6) is 0 Å². The normalized spacial score (nSPS) is 11.3. The average molecular weight is 397 g/mol. The van der Waals surface area contributed by atoms with Crippen LogP contribution in [0.3, 0.4) is 0 Å². The molecule has 9 heteroatoms. The second-order valence-electron chi connectivity index (χ2n) is 5.81. The molecule has 0 spiro atoms. The fraction of sp³-hybridized carbons (Fsp3) is 0.222. The molecule has 2 rings (SSSR count). The number of benzene rings is 2. The molecule has 0 radical (unpaired) electrons. The molecule has 0 unspecified atom stereocenters. The van der Waals surface area contributed by atoms with Gasteiger partial charge in [-0.2, -0.15) is 4.72 Å². The minimum atomic E-state index is -3.94. The topological polar surface area (TPSA) is 89.5 Å². The van der Waals surface area contributed by atoms with E-state index in [0.717, 1.165) is 17.7 Å². The van der Waals surface area contributed by atoms with Crippen LogP contribution in [-0.4, -0.2) is 33.3 Å². The van der Waals surface area contributed by atoms with E-state index in [4.69, 9.17) is 0 Å². The summed E-state index contributed by atoms with van der Waals surface area (Å²) in [6, 6.07) is 7.39. The Balaban J connectivity index is 1.93. The summed E-state index contributed by atoms with van der Waals surface area (Å²) in [4.78, 5) is 23.5. The number of carbonyl (C=O) groups excluding carboxylic acids is 2. The van der Waals surface area contributed by atoms with Crippen LogP contribution in [0.2, 0.25) is 0 Å². The summed E-state index contributed by atoms with van der Waals surface area (Å²) >= 11 is 0. The highest BCUT2D eigenvalue weighted by molar-refractivity contribution is 7.89. The first-order valence-electron chi connectivity index (χ1n) is 7.81. The number of aryl methyl sites for hydroxylation is 2. The Morgan fingerprint density at radius 2 is 1.74 bits per heavy atom. The number of ether oxygens (including phenoxy) is 1. The van der Waals surface area contributed by atoms with Crippen molar-refractivity contribution in [1.29, 1.82) is 0 Å². The van der Waals surface area contributed by atoms with Crippen molar-refractivity contribution < 1.29 is 31.5 Å². The number of halogens is 2. The molecule has 2 aromatic carbocycles. The fourth-order valence-corrected chi connectivity index (χ4v) is 3.47. The van der Waals surface area contributed by atoms with Crippen molar-refractivity contribution in [2.24, 2.45) is 0 Å². The van der Waals surface area contributed by atoms with Crippen LogP contribution >= 0.6 is 0 Å². The van der Waals surface area contributed by atoms with Gasteiger partial charge in [0.1, 0.15) is 6.54 Å². The van der Waals surface area contributed by atoms with Gasteiger partial charge in [0.15, 0.2) is 24.0 Å². The van der Waals surface area contributed by atoms with Crippen molar-refractivity contribution in [2.75, 3.05) is 13.2 Å². The molecular weight excluding hydrogens is 380 g/mol. The number of rotatable bonds is 7. The minimum absolute atomic E-state index is 0.0353. The fourth-order valence-electron chi connectivity index (χ4n) is 2.18. The maximum atomic E-state index is 13.1.